The number of aromatic nitrogens is 3. The lowest BCUT2D eigenvalue weighted by molar-refractivity contribution is -0.147. The summed E-state index contributed by atoms with van der Waals surface area (Å²) in [6.07, 6.45) is 1.69. The molecule has 0 saturated carbocycles. The fourth-order valence-electron chi connectivity index (χ4n) is 2.56. The second-order valence-corrected chi connectivity index (χ2v) is 5.70. The minimum atomic E-state index is -0.614. The Morgan fingerprint density at radius 2 is 2.00 bits per heavy atom. The number of carbonyl (C=O) groups excluding carboxylic acids is 1. The number of ether oxygens (including phenoxy) is 1. The van der Waals surface area contributed by atoms with Crippen LogP contribution in [-0.2, 0) is 15.2 Å². The molecule has 1 aromatic carbocycles. The van der Waals surface area contributed by atoms with Gasteiger partial charge in [0.05, 0.1) is 12.8 Å². The lowest BCUT2D eigenvalue weighted by Gasteiger charge is -2.40. The number of esters is 1. The Labute approximate surface area is 134 Å². The minimum absolute atomic E-state index is 0.0521. The number of carbonyl (C=O) groups is 1. The molecule has 0 bridgehead atoms. The summed E-state index contributed by atoms with van der Waals surface area (Å²) in [6, 6.07) is 9.78. The van der Waals surface area contributed by atoms with Crippen molar-refractivity contribution in [1.29, 1.82) is 0 Å². The van der Waals surface area contributed by atoms with Gasteiger partial charge in [-0.1, -0.05) is 35.5 Å². The quantitative estimate of drug-likeness (QED) is 0.802. The smallest absolute Gasteiger partial charge is 0.327 e. The van der Waals surface area contributed by atoms with Crippen molar-refractivity contribution in [3.63, 3.8) is 0 Å². The molecule has 0 unspecified atom stereocenters. The molecular formula is C16H19N5O2. The number of rotatable bonds is 4. The van der Waals surface area contributed by atoms with Gasteiger partial charge >= 0.3 is 5.97 Å². The molecule has 7 heteroatoms. The highest BCUT2D eigenvalue weighted by atomic mass is 16.5. The standard InChI is InChI=1S/C16H19N5O2/c1-4-23-14(22)11-20-16(2,3)21-13(10-17-19-21)15(18-20)12-8-6-5-7-9-12/h5-10H,4,11H2,1-3H3. The van der Waals surface area contributed by atoms with E-state index in [9.17, 15) is 4.79 Å². The topological polar surface area (TPSA) is 72.6 Å². The third-order valence-electron chi connectivity index (χ3n) is 3.79. The van der Waals surface area contributed by atoms with Crippen molar-refractivity contribution in [3.05, 3.63) is 47.8 Å². The normalized spacial score (nSPS) is 15.8. The van der Waals surface area contributed by atoms with Crippen LogP contribution in [0.4, 0.5) is 0 Å². The Morgan fingerprint density at radius 3 is 2.70 bits per heavy atom. The molecule has 1 aliphatic heterocycles. The molecule has 0 saturated heterocycles. The average Bonchev–Trinajstić information content (AvgIpc) is 3.02. The van der Waals surface area contributed by atoms with E-state index in [1.165, 1.54) is 0 Å². The minimum Gasteiger partial charge on any atom is -0.465 e. The Kier molecular flexibility index (Phi) is 3.85. The molecule has 2 aromatic rings. The molecule has 0 spiro atoms. The molecule has 23 heavy (non-hydrogen) atoms. The van der Waals surface area contributed by atoms with E-state index in [4.69, 9.17) is 4.74 Å². The van der Waals surface area contributed by atoms with Crippen LogP contribution in [0.3, 0.4) is 0 Å². The third-order valence-corrected chi connectivity index (χ3v) is 3.79. The van der Waals surface area contributed by atoms with Gasteiger partial charge in [0.1, 0.15) is 23.6 Å². The fourth-order valence-corrected chi connectivity index (χ4v) is 2.56. The van der Waals surface area contributed by atoms with E-state index >= 15 is 0 Å². The van der Waals surface area contributed by atoms with E-state index in [0.29, 0.717) is 6.61 Å². The van der Waals surface area contributed by atoms with Gasteiger partial charge in [-0.25, -0.2) is 4.68 Å². The summed E-state index contributed by atoms with van der Waals surface area (Å²) >= 11 is 0. The van der Waals surface area contributed by atoms with Crippen LogP contribution in [0.2, 0.25) is 0 Å². The molecule has 7 nitrogen and oxygen atoms in total. The van der Waals surface area contributed by atoms with E-state index in [-0.39, 0.29) is 12.5 Å². The molecule has 1 aliphatic rings. The Hall–Kier alpha value is -2.70. The molecular weight excluding hydrogens is 294 g/mol. The van der Waals surface area contributed by atoms with Gasteiger partial charge in [0, 0.05) is 5.56 Å². The number of hydrogen-bond donors (Lipinski definition) is 0. The highest BCUT2D eigenvalue weighted by molar-refractivity contribution is 6.12. The summed E-state index contributed by atoms with van der Waals surface area (Å²) in [7, 11) is 0. The molecule has 0 atom stereocenters. The Balaban J connectivity index is 2.04. The van der Waals surface area contributed by atoms with Crippen LogP contribution in [-0.4, -0.2) is 44.8 Å². The molecule has 0 N–H and O–H groups in total. The van der Waals surface area contributed by atoms with E-state index in [1.54, 1.807) is 22.8 Å². The number of benzene rings is 1. The zero-order chi connectivity index (χ0) is 16.4. The second kappa shape index (κ2) is 5.83. The van der Waals surface area contributed by atoms with Gasteiger partial charge in [-0.2, -0.15) is 5.10 Å². The summed E-state index contributed by atoms with van der Waals surface area (Å²) in [5.41, 5.74) is 1.89. The van der Waals surface area contributed by atoms with Crippen LogP contribution in [0.5, 0.6) is 0 Å². The summed E-state index contributed by atoms with van der Waals surface area (Å²) < 4.78 is 6.83. The van der Waals surface area contributed by atoms with E-state index in [2.05, 4.69) is 15.4 Å². The molecule has 0 amide bonds. The number of fused-ring (bicyclic) bond motifs is 1. The number of hydrazone groups is 1. The first-order chi connectivity index (χ1) is 11.0. The van der Waals surface area contributed by atoms with Crippen LogP contribution in [0.1, 0.15) is 32.0 Å². The Morgan fingerprint density at radius 1 is 1.26 bits per heavy atom. The van der Waals surface area contributed by atoms with Crippen LogP contribution in [0.25, 0.3) is 0 Å². The largest absolute Gasteiger partial charge is 0.465 e. The van der Waals surface area contributed by atoms with Crippen molar-refractivity contribution in [2.24, 2.45) is 5.10 Å². The number of hydrogen-bond acceptors (Lipinski definition) is 6. The molecule has 2 heterocycles. The first kappa shape index (κ1) is 15.2. The van der Waals surface area contributed by atoms with Gasteiger partial charge in [-0.05, 0) is 20.8 Å². The predicted octanol–water partition coefficient (Wildman–Crippen LogP) is 1.60. The summed E-state index contributed by atoms with van der Waals surface area (Å²) in [6.45, 7) is 6.06. The molecule has 3 rings (SSSR count). The van der Waals surface area contributed by atoms with E-state index in [0.717, 1.165) is 17.0 Å². The molecule has 0 radical (unpaired) electrons. The maximum absolute atomic E-state index is 11.9. The highest BCUT2D eigenvalue weighted by Gasteiger charge is 2.38. The average molecular weight is 313 g/mol. The van der Waals surface area contributed by atoms with Crippen molar-refractivity contribution in [3.8, 4) is 0 Å². The second-order valence-electron chi connectivity index (χ2n) is 5.70. The van der Waals surface area contributed by atoms with Gasteiger partial charge in [-0.3, -0.25) is 9.80 Å². The maximum atomic E-state index is 11.9. The van der Waals surface area contributed by atoms with Crippen LogP contribution >= 0.6 is 0 Å². The lowest BCUT2D eigenvalue weighted by Crippen LogP contribution is -2.50. The van der Waals surface area contributed by atoms with Crippen molar-refractivity contribution in [2.45, 2.75) is 26.4 Å². The molecule has 0 aliphatic carbocycles. The fraction of sp³-hybridized carbons (Fsp3) is 0.375. The van der Waals surface area contributed by atoms with Crippen molar-refractivity contribution in [1.82, 2.24) is 20.0 Å². The summed E-state index contributed by atoms with van der Waals surface area (Å²) in [5.74, 6) is -0.319. The van der Waals surface area contributed by atoms with Crippen molar-refractivity contribution < 1.29 is 9.53 Å². The Bertz CT molecular complexity index is 736. The maximum Gasteiger partial charge on any atom is 0.327 e. The van der Waals surface area contributed by atoms with Gasteiger partial charge in [0.15, 0.2) is 0 Å². The summed E-state index contributed by atoms with van der Waals surface area (Å²) in [4.78, 5) is 11.9. The lowest BCUT2D eigenvalue weighted by atomic mass is 10.1. The highest BCUT2D eigenvalue weighted by Crippen LogP contribution is 2.28. The van der Waals surface area contributed by atoms with E-state index < -0.39 is 5.66 Å². The zero-order valence-electron chi connectivity index (χ0n) is 13.4. The van der Waals surface area contributed by atoms with Crippen LogP contribution in [0.15, 0.2) is 41.6 Å². The SMILES string of the molecule is CCOC(=O)CN1N=C(c2ccccc2)c2cnnn2C1(C)C. The predicted molar refractivity (Wildman–Crippen MR) is 84.8 cm³/mol. The third kappa shape index (κ3) is 2.69. The van der Waals surface area contributed by atoms with Gasteiger partial charge in [0.2, 0.25) is 0 Å². The first-order valence-corrected chi connectivity index (χ1v) is 7.53. The molecule has 1 aromatic heterocycles. The van der Waals surface area contributed by atoms with Crippen LogP contribution < -0.4 is 0 Å². The number of nitrogens with zero attached hydrogens (tertiary/aromatic N) is 5. The van der Waals surface area contributed by atoms with Gasteiger partial charge in [-0.15, -0.1) is 5.10 Å². The van der Waals surface area contributed by atoms with E-state index in [1.807, 2.05) is 44.2 Å². The van der Waals surface area contributed by atoms with Gasteiger partial charge < -0.3 is 4.74 Å². The summed E-state index contributed by atoms with van der Waals surface area (Å²) in [5, 5.41) is 14.6. The van der Waals surface area contributed by atoms with Crippen LogP contribution in [0, 0.1) is 0 Å². The monoisotopic (exact) mass is 313 g/mol. The zero-order valence-corrected chi connectivity index (χ0v) is 13.4. The van der Waals surface area contributed by atoms with Gasteiger partial charge in [0.25, 0.3) is 0 Å². The molecule has 0 fully saturated rings. The van der Waals surface area contributed by atoms with Crippen molar-refractivity contribution in [2.75, 3.05) is 13.2 Å². The van der Waals surface area contributed by atoms with Crippen molar-refractivity contribution >= 4 is 11.7 Å². The first-order valence-electron chi connectivity index (χ1n) is 7.53. The molecule has 120 valence electrons.